The fourth-order valence-electron chi connectivity index (χ4n) is 1.79. The van der Waals surface area contributed by atoms with E-state index in [1.54, 1.807) is 11.8 Å². The van der Waals surface area contributed by atoms with E-state index in [9.17, 15) is 4.79 Å². The maximum atomic E-state index is 11.7. The third-order valence-corrected chi connectivity index (χ3v) is 4.15. The fourth-order valence-corrected chi connectivity index (χ4v) is 2.93. The van der Waals surface area contributed by atoms with Gasteiger partial charge in [0.1, 0.15) is 5.25 Å². The molecule has 0 aliphatic heterocycles. The number of carbonyl (C=O) groups excluding carboxylic acids is 1. The number of benzene rings is 1. The highest BCUT2D eigenvalue weighted by molar-refractivity contribution is 7.99. The molecule has 1 atom stereocenters. The Morgan fingerprint density at radius 3 is 2.83 bits per heavy atom. The lowest BCUT2D eigenvalue weighted by Gasteiger charge is -2.14. The fraction of sp³-hybridized carbons (Fsp3) is 0.533. The van der Waals surface area contributed by atoms with Gasteiger partial charge in [-0.15, -0.1) is 11.8 Å². The van der Waals surface area contributed by atoms with Crippen LogP contribution in [-0.2, 0) is 15.3 Å². The van der Waals surface area contributed by atoms with E-state index in [4.69, 9.17) is 4.74 Å². The van der Waals surface area contributed by atoms with Crippen LogP contribution < -0.4 is 0 Å². The van der Waals surface area contributed by atoms with E-state index in [2.05, 4.69) is 38.1 Å². The largest absolute Gasteiger partial charge is 0.468 e. The molecule has 0 spiro atoms. The normalized spacial score (nSPS) is 12.2. The molecule has 0 heterocycles. The van der Waals surface area contributed by atoms with Crippen LogP contribution in [0.5, 0.6) is 0 Å². The number of thioether (sulfide) groups is 1. The summed E-state index contributed by atoms with van der Waals surface area (Å²) < 4.78 is 4.86. The molecule has 100 valence electrons. The van der Waals surface area contributed by atoms with Crippen molar-refractivity contribution in [2.24, 2.45) is 0 Å². The van der Waals surface area contributed by atoms with Crippen molar-refractivity contribution in [3.8, 4) is 0 Å². The van der Waals surface area contributed by atoms with Crippen LogP contribution >= 0.6 is 11.8 Å². The Labute approximate surface area is 114 Å². The van der Waals surface area contributed by atoms with Gasteiger partial charge in [-0.2, -0.15) is 0 Å². The molecule has 0 aromatic heterocycles. The van der Waals surface area contributed by atoms with Crippen molar-refractivity contribution in [2.45, 2.75) is 44.1 Å². The number of ether oxygens (including phenoxy) is 1. The number of carbonyl (C=O) groups is 1. The molecule has 1 aromatic rings. The summed E-state index contributed by atoms with van der Waals surface area (Å²) in [5.74, 6) is 0.770. The van der Waals surface area contributed by atoms with Crippen molar-refractivity contribution in [2.75, 3.05) is 7.11 Å². The van der Waals surface area contributed by atoms with Gasteiger partial charge in [0.2, 0.25) is 0 Å². The first-order valence-electron chi connectivity index (χ1n) is 6.42. The number of rotatable bonds is 7. The zero-order valence-corrected chi connectivity index (χ0v) is 12.3. The van der Waals surface area contributed by atoms with E-state index in [-0.39, 0.29) is 11.2 Å². The van der Waals surface area contributed by atoms with Gasteiger partial charge in [-0.25, -0.2) is 0 Å². The Bertz CT molecular complexity index is 377. The van der Waals surface area contributed by atoms with Gasteiger partial charge in [-0.1, -0.05) is 49.6 Å². The first-order valence-corrected chi connectivity index (χ1v) is 7.47. The van der Waals surface area contributed by atoms with Gasteiger partial charge in [0.15, 0.2) is 0 Å². The summed E-state index contributed by atoms with van der Waals surface area (Å²) in [6.45, 7) is 4.22. The number of methoxy groups -OCH3 is 1. The van der Waals surface area contributed by atoms with Gasteiger partial charge in [0.05, 0.1) is 7.11 Å². The Morgan fingerprint density at radius 1 is 1.44 bits per heavy atom. The van der Waals surface area contributed by atoms with Crippen molar-refractivity contribution in [3.63, 3.8) is 0 Å². The smallest absolute Gasteiger partial charge is 0.318 e. The van der Waals surface area contributed by atoms with Crippen LogP contribution in [0.25, 0.3) is 0 Å². The van der Waals surface area contributed by atoms with E-state index in [0.29, 0.717) is 0 Å². The summed E-state index contributed by atoms with van der Waals surface area (Å²) in [5, 5.41) is -0.0320. The van der Waals surface area contributed by atoms with Crippen LogP contribution in [0.4, 0.5) is 0 Å². The van der Waals surface area contributed by atoms with Gasteiger partial charge in [-0.3, -0.25) is 4.79 Å². The first-order chi connectivity index (χ1) is 8.67. The van der Waals surface area contributed by atoms with Crippen LogP contribution in [0.15, 0.2) is 24.3 Å². The van der Waals surface area contributed by atoms with Gasteiger partial charge in [-0.05, 0) is 18.9 Å². The highest BCUT2D eigenvalue weighted by Gasteiger charge is 2.18. The molecule has 0 aliphatic rings. The number of unbranched alkanes of at least 4 members (excludes halogenated alkanes) is 1. The minimum Gasteiger partial charge on any atom is -0.468 e. The van der Waals surface area contributed by atoms with E-state index in [0.717, 1.165) is 25.0 Å². The molecule has 0 N–H and O–H groups in total. The maximum absolute atomic E-state index is 11.7. The monoisotopic (exact) mass is 266 g/mol. The van der Waals surface area contributed by atoms with Crippen molar-refractivity contribution in [1.29, 1.82) is 0 Å². The second-order valence-corrected chi connectivity index (χ2v) is 5.65. The van der Waals surface area contributed by atoms with E-state index >= 15 is 0 Å². The molecule has 1 aromatic carbocycles. The number of esters is 1. The zero-order valence-electron chi connectivity index (χ0n) is 11.4. The molecule has 0 radical (unpaired) electrons. The molecule has 1 unspecified atom stereocenters. The molecular formula is C15H22O2S. The molecule has 0 aliphatic carbocycles. The SMILES string of the molecule is CCCCC(SCc1cccc(C)c1)C(=O)OC. The Morgan fingerprint density at radius 2 is 2.22 bits per heavy atom. The van der Waals surface area contributed by atoms with Gasteiger partial charge in [0, 0.05) is 5.75 Å². The molecule has 3 heteroatoms. The van der Waals surface area contributed by atoms with E-state index < -0.39 is 0 Å². The molecule has 0 fully saturated rings. The van der Waals surface area contributed by atoms with Crippen molar-refractivity contribution < 1.29 is 9.53 Å². The lowest BCUT2D eigenvalue weighted by molar-refractivity contribution is -0.140. The molecule has 18 heavy (non-hydrogen) atoms. The average molecular weight is 266 g/mol. The van der Waals surface area contributed by atoms with Crippen molar-refractivity contribution in [1.82, 2.24) is 0 Å². The Balaban J connectivity index is 2.53. The average Bonchev–Trinajstić information content (AvgIpc) is 2.38. The van der Waals surface area contributed by atoms with E-state index in [1.807, 2.05) is 0 Å². The lowest BCUT2D eigenvalue weighted by atomic mass is 10.2. The quantitative estimate of drug-likeness (QED) is 0.699. The second kappa shape index (κ2) is 8.20. The first kappa shape index (κ1) is 15.1. The molecular weight excluding hydrogens is 244 g/mol. The standard InChI is InChI=1S/C15H22O2S/c1-4-5-9-14(15(16)17-3)18-11-13-8-6-7-12(2)10-13/h6-8,10,14H,4-5,9,11H2,1-3H3. The Kier molecular flexibility index (Phi) is 6.88. The molecule has 2 nitrogen and oxygen atoms in total. The number of aryl methyl sites for hydroxylation is 1. The van der Waals surface area contributed by atoms with Crippen LogP contribution in [0.3, 0.4) is 0 Å². The second-order valence-electron chi connectivity index (χ2n) is 4.45. The third-order valence-electron chi connectivity index (χ3n) is 2.82. The number of hydrogen-bond donors (Lipinski definition) is 0. The maximum Gasteiger partial charge on any atom is 0.318 e. The molecule has 0 amide bonds. The van der Waals surface area contributed by atoms with Gasteiger partial charge < -0.3 is 4.74 Å². The van der Waals surface area contributed by atoms with Crippen LogP contribution in [-0.4, -0.2) is 18.3 Å². The molecule has 0 saturated heterocycles. The van der Waals surface area contributed by atoms with Crippen molar-refractivity contribution in [3.05, 3.63) is 35.4 Å². The summed E-state index contributed by atoms with van der Waals surface area (Å²) in [6, 6.07) is 8.42. The van der Waals surface area contributed by atoms with Gasteiger partial charge in [0.25, 0.3) is 0 Å². The van der Waals surface area contributed by atoms with Crippen LogP contribution in [0, 0.1) is 6.92 Å². The highest BCUT2D eigenvalue weighted by Crippen LogP contribution is 2.23. The molecule has 0 saturated carbocycles. The lowest BCUT2D eigenvalue weighted by Crippen LogP contribution is -2.19. The highest BCUT2D eigenvalue weighted by atomic mass is 32.2. The summed E-state index contributed by atoms with van der Waals surface area (Å²) in [7, 11) is 1.47. The van der Waals surface area contributed by atoms with Crippen LogP contribution in [0.2, 0.25) is 0 Å². The summed E-state index contributed by atoms with van der Waals surface area (Å²) >= 11 is 1.68. The molecule has 1 rings (SSSR count). The third kappa shape index (κ3) is 5.13. The minimum absolute atomic E-state index is 0.0320. The molecule has 0 bridgehead atoms. The van der Waals surface area contributed by atoms with Crippen molar-refractivity contribution >= 4 is 17.7 Å². The summed E-state index contributed by atoms with van der Waals surface area (Å²) in [5.41, 5.74) is 2.53. The summed E-state index contributed by atoms with van der Waals surface area (Å²) in [4.78, 5) is 11.7. The van der Waals surface area contributed by atoms with E-state index in [1.165, 1.54) is 18.2 Å². The predicted octanol–water partition coefficient (Wildman–Crippen LogP) is 3.96. The van der Waals surface area contributed by atoms with Crippen LogP contribution in [0.1, 0.15) is 37.3 Å². The minimum atomic E-state index is -0.0962. The predicted molar refractivity (Wildman–Crippen MR) is 77.8 cm³/mol. The number of hydrogen-bond acceptors (Lipinski definition) is 3. The summed E-state index contributed by atoms with van der Waals surface area (Å²) in [6.07, 6.45) is 3.08. The Hall–Kier alpha value is -0.960. The van der Waals surface area contributed by atoms with Gasteiger partial charge >= 0.3 is 5.97 Å². The topological polar surface area (TPSA) is 26.3 Å². The zero-order chi connectivity index (χ0) is 13.4.